The van der Waals surface area contributed by atoms with Crippen LogP contribution < -0.4 is 5.32 Å². The predicted octanol–water partition coefficient (Wildman–Crippen LogP) is 3.00. The smallest absolute Gasteiger partial charge is 0.335 e. The maximum Gasteiger partial charge on any atom is 0.335 e. The van der Waals surface area contributed by atoms with E-state index in [2.05, 4.69) is 19.2 Å². The number of aromatic carboxylic acids is 1. The molecule has 2 N–H and O–H groups in total. The second-order valence-electron chi connectivity index (χ2n) is 6.30. The minimum absolute atomic E-state index is 0.106. The van der Waals surface area contributed by atoms with Crippen LogP contribution in [0.4, 0.5) is 0 Å². The minimum atomic E-state index is -1.01. The van der Waals surface area contributed by atoms with Gasteiger partial charge >= 0.3 is 5.97 Å². The summed E-state index contributed by atoms with van der Waals surface area (Å²) in [7, 11) is 0. The average Bonchev–Trinajstić information content (AvgIpc) is 2.68. The summed E-state index contributed by atoms with van der Waals surface area (Å²) in [5.41, 5.74) is 1.46. The van der Waals surface area contributed by atoms with Crippen molar-refractivity contribution in [1.29, 1.82) is 0 Å². The fourth-order valence-electron chi connectivity index (χ4n) is 2.87. The Kier molecular flexibility index (Phi) is 3.84. The molecule has 0 bridgehead atoms. The Bertz CT molecular complexity index is 549. The van der Waals surface area contributed by atoms with E-state index in [-0.39, 0.29) is 22.9 Å². The topological polar surface area (TPSA) is 66.4 Å². The molecule has 4 nitrogen and oxygen atoms in total. The van der Waals surface area contributed by atoms with E-state index in [1.807, 2.05) is 0 Å². The van der Waals surface area contributed by atoms with Gasteiger partial charge < -0.3 is 10.4 Å². The van der Waals surface area contributed by atoms with Crippen molar-refractivity contribution in [1.82, 2.24) is 5.32 Å². The van der Waals surface area contributed by atoms with Crippen LogP contribution in [0, 0.1) is 12.3 Å². The molecule has 1 aromatic carbocycles. The van der Waals surface area contributed by atoms with Crippen LogP contribution in [0.15, 0.2) is 18.2 Å². The Hall–Kier alpha value is -1.84. The first-order chi connectivity index (χ1) is 9.29. The first-order valence-electron chi connectivity index (χ1n) is 6.95. The molecule has 1 atom stereocenters. The molecule has 1 unspecified atom stereocenters. The van der Waals surface area contributed by atoms with Gasteiger partial charge in [-0.15, -0.1) is 0 Å². The van der Waals surface area contributed by atoms with E-state index in [1.165, 1.54) is 6.07 Å². The van der Waals surface area contributed by atoms with E-state index in [4.69, 9.17) is 5.11 Å². The van der Waals surface area contributed by atoms with E-state index < -0.39 is 5.97 Å². The molecule has 1 aromatic rings. The third-order valence-electron chi connectivity index (χ3n) is 4.15. The van der Waals surface area contributed by atoms with Crippen LogP contribution in [0.5, 0.6) is 0 Å². The first-order valence-corrected chi connectivity index (χ1v) is 6.95. The summed E-state index contributed by atoms with van der Waals surface area (Å²) >= 11 is 0. The number of carbonyl (C=O) groups excluding carboxylic acids is 1. The van der Waals surface area contributed by atoms with Crippen LogP contribution in [-0.2, 0) is 0 Å². The predicted molar refractivity (Wildman–Crippen MR) is 77.0 cm³/mol. The molecule has 20 heavy (non-hydrogen) atoms. The number of nitrogens with one attached hydrogen (secondary N) is 1. The molecule has 0 aromatic heterocycles. The fourth-order valence-corrected chi connectivity index (χ4v) is 2.87. The molecule has 0 heterocycles. The van der Waals surface area contributed by atoms with Crippen molar-refractivity contribution < 1.29 is 14.7 Å². The lowest BCUT2D eigenvalue weighted by molar-refractivity contribution is 0.0696. The van der Waals surface area contributed by atoms with Gasteiger partial charge in [-0.3, -0.25) is 4.79 Å². The largest absolute Gasteiger partial charge is 0.478 e. The molecule has 1 amide bonds. The quantitative estimate of drug-likeness (QED) is 0.891. The van der Waals surface area contributed by atoms with Crippen LogP contribution >= 0.6 is 0 Å². The summed E-state index contributed by atoms with van der Waals surface area (Å²) in [6.45, 7) is 6.11. The van der Waals surface area contributed by atoms with Crippen molar-refractivity contribution in [3.8, 4) is 0 Å². The number of aryl methyl sites for hydroxylation is 1. The van der Waals surface area contributed by atoms with Gasteiger partial charge in [0.2, 0.25) is 0 Å². The number of amides is 1. The monoisotopic (exact) mass is 275 g/mol. The highest BCUT2D eigenvalue weighted by Crippen LogP contribution is 2.37. The summed E-state index contributed by atoms with van der Waals surface area (Å²) in [6.07, 6.45) is 3.20. The second kappa shape index (κ2) is 5.27. The summed E-state index contributed by atoms with van der Waals surface area (Å²) < 4.78 is 0. The van der Waals surface area contributed by atoms with E-state index in [0.29, 0.717) is 5.56 Å². The van der Waals surface area contributed by atoms with E-state index in [9.17, 15) is 9.59 Å². The third-order valence-corrected chi connectivity index (χ3v) is 4.15. The molecule has 1 fully saturated rings. The lowest BCUT2D eigenvalue weighted by atomic mass is 9.87. The highest BCUT2D eigenvalue weighted by molar-refractivity contribution is 5.98. The molecule has 1 aliphatic rings. The Morgan fingerprint density at radius 2 is 1.90 bits per heavy atom. The van der Waals surface area contributed by atoms with Crippen molar-refractivity contribution in [2.45, 2.75) is 46.1 Å². The third kappa shape index (κ3) is 3.00. The number of hydrogen-bond acceptors (Lipinski definition) is 2. The number of benzene rings is 1. The maximum atomic E-state index is 12.3. The van der Waals surface area contributed by atoms with Crippen LogP contribution in [0.3, 0.4) is 0 Å². The Labute approximate surface area is 119 Å². The van der Waals surface area contributed by atoms with Gasteiger partial charge in [-0.05, 0) is 48.9 Å². The van der Waals surface area contributed by atoms with E-state index in [0.717, 1.165) is 24.8 Å². The molecular weight excluding hydrogens is 254 g/mol. The summed E-state index contributed by atoms with van der Waals surface area (Å²) in [6, 6.07) is 4.89. The van der Waals surface area contributed by atoms with Gasteiger partial charge in [-0.1, -0.05) is 20.3 Å². The van der Waals surface area contributed by atoms with Gasteiger partial charge in [0.25, 0.3) is 5.91 Å². The van der Waals surface area contributed by atoms with Gasteiger partial charge in [0, 0.05) is 11.6 Å². The maximum absolute atomic E-state index is 12.3. The normalized spacial score (nSPS) is 20.6. The van der Waals surface area contributed by atoms with Gasteiger partial charge in [0.05, 0.1) is 5.56 Å². The van der Waals surface area contributed by atoms with Gasteiger partial charge in [0.15, 0.2) is 0 Å². The summed E-state index contributed by atoms with van der Waals surface area (Å²) in [5.74, 6) is -1.19. The van der Waals surface area contributed by atoms with Gasteiger partial charge in [-0.25, -0.2) is 4.79 Å². The zero-order chi connectivity index (χ0) is 14.9. The lowest BCUT2D eigenvalue weighted by Gasteiger charge is -2.27. The van der Waals surface area contributed by atoms with E-state index >= 15 is 0 Å². The highest BCUT2D eigenvalue weighted by Gasteiger charge is 2.35. The van der Waals surface area contributed by atoms with Crippen molar-refractivity contribution in [3.05, 3.63) is 34.9 Å². The molecule has 1 saturated carbocycles. The number of hydrogen-bond donors (Lipinski definition) is 2. The van der Waals surface area contributed by atoms with Crippen molar-refractivity contribution in [3.63, 3.8) is 0 Å². The molecule has 0 radical (unpaired) electrons. The van der Waals surface area contributed by atoms with Crippen LogP contribution in [0.1, 0.15) is 59.4 Å². The fraction of sp³-hybridized carbons (Fsp3) is 0.500. The number of carbonyl (C=O) groups is 2. The number of carboxylic acids is 1. The highest BCUT2D eigenvalue weighted by atomic mass is 16.4. The standard InChI is InChI=1S/C16H21NO3/c1-10-7-11(9-12(8-10)15(19)20)14(18)17-13-5-4-6-16(13,2)3/h7-9,13H,4-6H2,1-3H3,(H,17,18)(H,19,20). The Balaban J connectivity index is 2.19. The number of rotatable bonds is 3. The minimum Gasteiger partial charge on any atom is -0.478 e. The lowest BCUT2D eigenvalue weighted by Crippen LogP contribution is -2.41. The molecule has 0 saturated heterocycles. The number of carboxylic acid groups (broad SMARTS) is 1. The molecule has 0 spiro atoms. The van der Waals surface area contributed by atoms with E-state index in [1.54, 1.807) is 19.1 Å². The summed E-state index contributed by atoms with van der Waals surface area (Å²) in [5, 5.41) is 12.1. The Morgan fingerprint density at radius 3 is 2.45 bits per heavy atom. The van der Waals surface area contributed by atoms with Gasteiger partial charge in [0.1, 0.15) is 0 Å². The molecular formula is C16H21NO3. The Morgan fingerprint density at radius 1 is 1.25 bits per heavy atom. The SMILES string of the molecule is Cc1cc(C(=O)O)cc(C(=O)NC2CCCC2(C)C)c1. The molecule has 108 valence electrons. The van der Waals surface area contributed by atoms with Crippen LogP contribution in [-0.4, -0.2) is 23.0 Å². The van der Waals surface area contributed by atoms with Gasteiger partial charge in [-0.2, -0.15) is 0 Å². The first kappa shape index (κ1) is 14.6. The van der Waals surface area contributed by atoms with Crippen LogP contribution in [0.25, 0.3) is 0 Å². The van der Waals surface area contributed by atoms with Crippen molar-refractivity contribution in [2.24, 2.45) is 5.41 Å². The zero-order valence-corrected chi connectivity index (χ0v) is 12.2. The summed E-state index contributed by atoms with van der Waals surface area (Å²) in [4.78, 5) is 23.4. The molecule has 4 heteroatoms. The molecule has 2 rings (SSSR count). The van der Waals surface area contributed by atoms with Crippen molar-refractivity contribution >= 4 is 11.9 Å². The zero-order valence-electron chi connectivity index (χ0n) is 12.2. The average molecular weight is 275 g/mol. The van der Waals surface area contributed by atoms with Crippen molar-refractivity contribution in [2.75, 3.05) is 0 Å². The molecule has 0 aliphatic heterocycles. The second-order valence-corrected chi connectivity index (χ2v) is 6.30. The van der Waals surface area contributed by atoms with Crippen LogP contribution in [0.2, 0.25) is 0 Å². The molecule has 1 aliphatic carbocycles.